The van der Waals surface area contributed by atoms with Crippen molar-refractivity contribution < 1.29 is 9.90 Å². The molecule has 1 rings (SSSR count). The van der Waals surface area contributed by atoms with Crippen molar-refractivity contribution in [2.45, 2.75) is 32.8 Å². The predicted molar refractivity (Wildman–Crippen MR) is 58.6 cm³/mol. The number of aromatic nitrogens is 1. The van der Waals surface area contributed by atoms with Gasteiger partial charge in [-0.2, -0.15) is 0 Å². The van der Waals surface area contributed by atoms with Gasteiger partial charge in [-0.05, 0) is 25.0 Å². The summed E-state index contributed by atoms with van der Waals surface area (Å²) in [4.78, 5) is 15.7. The Morgan fingerprint density at radius 1 is 1.67 bits per heavy atom. The third-order valence-electron chi connectivity index (χ3n) is 2.30. The van der Waals surface area contributed by atoms with Crippen LogP contribution in [0.15, 0.2) is 12.3 Å². The molecule has 0 fully saturated rings. The summed E-state index contributed by atoms with van der Waals surface area (Å²) in [5.74, 6) is -0.143. The first kappa shape index (κ1) is 11.7. The van der Waals surface area contributed by atoms with E-state index in [1.54, 1.807) is 19.2 Å². The Balaban J connectivity index is 3.00. The summed E-state index contributed by atoms with van der Waals surface area (Å²) in [6.45, 7) is 3.69. The van der Waals surface area contributed by atoms with Crippen LogP contribution in [0.5, 0.6) is 0 Å². The molecule has 15 heavy (non-hydrogen) atoms. The average molecular weight is 208 g/mol. The molecule has 4 nitrogen and oxygen atoms in total. The maximum Gasteiger partial charge on any atom is 0.195 e. The highest BCUT2D eigenvalue weighted by Gasteiger charge is 2.20. The molecular formula is C11H16N2O2. The molecule has 4 heteroatoms. The van der Waals surface area contributed by atoms with Gasteiger partial charge in [-0.3, -0.25) is 4.79 Å². The lowest BCUT2D eigenvalue weighted by Gasteiger charge is -2.11. The van der Waals surface area contributed by atoms with E-state index in [1.165, 1.54) is 0 Å². The molecule has 0 aromatic carbocycles. The van der Waals surface area contributed by atoms with Crippen molar-refractivity contribution in [2.24, 2.45) is 0 Å². The SMILES string of the molecule is CCCC(O)C(=O)c1c(C)ccnc1N. The number of ketones is 1. The fourth-order valence-electron chi connectivity index (χ4n) is 1.47. The second-order valence-electron chi connectivity index (χ2n) is 3.56. The quantitative estimate of drug-likeness (QED) is 0.731. The highest BCUT2D eigenvalue weighted by Crippen LogP contribution is 2.17. The lowest BCUT2D eigenvalue weighted by atomic mass is 10.00. The zero-order valence-electron chi connectivity index (χ0n) is 9.03. The van der Waals surface area contributed by atoms with Crippen molar-refractivity contribution in [1.29, 1.82) is 0 Å². The van der Waals surface area contributed by atoms with Crippen LogP contribution in [0, 0.1) is 6.92 Å². The van der Waals surface area contributed by atoms with Crippen LogP contribution in [0.1, 0.15) is 35.7 Å². The van der Waals surface area contributed by atoms with Crippen molar-refractivity contribution in [1.82, 2.24) is 4.98 Å². The lowest BCUT2D eigenvalue weighted by molar-refractivity contribution is 0.0729. The Hall–Kier alpha value is -1.42. The number of rotatable bonds is 4. The molecule has 0 aliphatic heterocycles. The molecule has 1 atom stereocenters. The van der Waals surface area contributed by atoms with Crippen LogP contribution >= 0.6 is 0 Å². The summed E-state index contributed by atoms with van der Waals surface area (Å²) in [6.07, 6.45) is 1.78. The predicted octanol–water partition coefficient (Wildman–Crippen LogP) is 1.32. The number of nitrogens with zero attached hydrogens (tertiary/aromatic N) is 1. The van der Waals surface area contributed by atoms with Crippen molar-refractivity contribution >= 4 is 11.6 Å². The number of hydrogen-bond donors (Lipinski definition) is 2. The number of nitrogens with two attached hydrogens (primary N) is 1. The standard InChI is InChI=1S/C11H16N2O2/c1-3-4-8(14)10(15)9-7(2)5-6-13-11(9)12/h5-6,8,14H,3-4H2,1-2H3,(H2,12,13). The van der Waals surface area contributed by atoms with Gasteiger partial charge in [-0.15, -0.1) is 0 Å². The second-order valence-corrected chi connectivity index (χ2v) is 3.56. The molecule has 1 aromatic heterocycles. The molecule has 82 valence electrons. The minimum atomic E-state index is -0.972. The van der Waals surface area contributed by atoms with Crippen LogP contribution < -0.4 is 5.73 Å². The molecule has 0 saturated carbocycles. The van der Waals surface area contributed by atoms with Gasteiger partial charge in [0.1, 0.15) is 11.9 Å². The number of nitrogen functional groups attached to an aromatic ring is 1. The number of anilines is 1. The number of aliphatic hydroxyl groups excluding tert-OH is 1. The number of carbonyl (C=O) groups is 1. The largest absolute Gasteiger partial charge is 0.385 e. The van der Waals surface area contributed by atoms with Crippen LogP contribution in [-0.4, -0.2) is 22.0 Å². The first-order chi connectivity index (χ1) is 7.07. The summed E-state index contributed by atoms with van der Waals surface area (Å²) >= 11 is 0. The third-order valence-corrected chi connectivity index (χ3v) is 2.30. The molecule has 1 aromatic rings. The Labute approximate surface area is 89.1 Å². The highest BCUT2D eigenvalue weighted by molar-refractivity contribution is 6.04. The summed E-state index contributed by atoms with van der Waals surface area (Å²) in [7, 11) is 0. The monoisotopic (exact) mass is 208 g/mol. The number of aliphatic hydroxyl groups is 1. The topological polar surface area (TPSA) is 76.2 Å². The second kappa shape index (κ2) is 4.89. The molecule has 3 N–H and O–H groups in total. The molecule has 0 spiro atoms. The Bertz CT molecular complexity index is 343. The van der Waals surface area contributed by atoms with Gasteiger partial charge < -0.3 is 10.8 Å². The molecular weight excluding hydrogens is 192 g/mol. The summed E-state index contributed by atoms with van der Waals surface area (Å²) < 4.78 is 0. The number of hydrogen-bond acceptors (Lipinski definition) is 4. The normalized spacial score (nSPS) is 12.5. The summed E-state index contributed by atoms with van der Waals surface area (Å²) in [5.41, 5.74) is 6.71. The third kappa shape index (κ3) is 2.53. The Morgan fingerprint density at radius 3 is 2.87 bits per heavy atom. The maximum absolute atomic E-state index is 11.8. The molecule has 0 bridgehead atoms. The first-order valence-corrected chi connectivity index (χ1v) is 5.01. The van der Waals surface area contributed by atoms with Crippen LogP contribution in [0.25, 0.3) is 0 Å². The Kier molecular flexibility index (Phi) is 3.80. The van der Waals surface area contributed by atoms with Gasteiger partial charge in [0.2, 0.25) is 0 Å². The van der Waals surface area contributed by atoms with E-state index < -0.39 is 6.10 Å². The van der Waals surface area contributed by atoms with Crippen molar-refractivity contribution in [3.63, 3.8) is 0 Å². The van der Waals surface area contributed by atoms with E-state index in [1.807, 2.05) is 6.92 Å². The molecule has 1 unspecified atom stereocenters. The molecule has 0 amide bonds. The van der Waals surface area contributed by atoms with Crippen molar-refractivity contribution in [3.05, 3.63) is 23.4 Å². The average Bonchev–Trinajstić information content (AvgIpc) is 2.17. The minimum Gasteiger partial charge on any atom is -0.385 e. The highest BCUT2D eigenvalue weighted by atomic mass is 16.3. The number of Topliss-reactive ketones (excluding diaryl/α,β-unsaturated/α-hetero) is 1. The van der Waals surface area contributed by atoms with Crippen molar-refractivity contribution in [2.75, 3.05) is 5.73 Å². The molecule has 0 aliphatic rings. The van der Waals surface area contributed by atoms with E-state index in [2.05, 4.69) is 4.98 Å². The van der Waals surface area contributed by atoms with E-state index in [9.17, 15) is 9.90 Å². The lowest BCUT2D eigenvalue weighted by Crippen LogP contribution is -2.22. The van der Waals surface area contributed by atoms with E-state index in [0.29, 0.717) is 12.0 Å². The zero-order valence-corrected chi connectivity index (χ0v) is 9.03. The van der Waals surface area contributed by atoms with E-state index >= 15 is 0 Å². The zero-order chi connectivity index (χ0) is 11.4. The molecule has 0 aliphatic carbocycles. The fraction of sp³-hybridized carbons (Fsp3) is 0.455. The summed E-state index contributed by atoms with van der Waals surface area (Å²) in [5, 5.41) is 9.59. The summed E-state index contributed by atoms with van der Waals surface area (Å²) in [6, 6.07) is 1.71. The van der Waals surface area contributed by atoms with Gasteiger partial charge in [0.25, 0.3) is 0 Å². The Morgan fingerprint density at radius 2 is 2.33 bits per heavy atom. The minimum absolute atomic E-state index is 0.190. The number of pyridine rings is 1. The molecule has 0 saturated heterocycles. The van der Waals surface area contributed by atoms with Gasteiger partial charge in [0, 0.05) is 6.20 Å². The number of aryl methyl sites for hydroxylation is 1. The van der Waals surface area contributed by atoms with E-state index in [-0.39, 0.29) is 11.6 Å². The van der Waals surface area contributed by atoms with Crippen LogP contribution in [0.3, 0.4) is 0 Å². The van der Waals surface area contributed by atoms with Crippen molar-refractivity contribution in [3.8, 4) is 0 Å². The molecule has 0 radical (unpaired) electrons. The number of carbonyl (C=O) groups excluding carboxylic acids is 1. The fourth-order valence-corrected chi connectivity index (χ4v) is 1.47. The first-order valence-electron chi connectivity index (χ1n) is 5.01. The van der Waals surface area contributed by atoms with Gasteiger partial charge in [-0.1, -0.05) is 13.3 Å². The van der Waals surface area contributed by atoms with Gasteiger partial charge in [-0.25, -0.2) is 4.98 Å². The van der Waals surface area contributed by atoms with Crippen LogP contribution in [-0.2, 0) is 0 Å². The van der Waals surface area contributed by atoms with Gasteiger partial charge in [0.15, 0.2) is 5.78 Å². The van der Waals surface area contributed by atoms with Gasteiger partial charge in [0.05, 0.1) is 5.56 Å². The maximum atomic E-state index is 11.8. The van der Waals surface area contributed by atoms with Crippen LogP contribution in [0.2, 0.25) is 0 Å². The smallest absolute Gasteiger partial charge is 0.195 e. The van der Waals surface area contributed by atoms with Crippen LogP contribution in [0.4, 0.5) is 5.82 Å². The van der Waals surface area contributed by atoms with Gasteiger partial charge >= 0.3 is 0 Å². The van der Waals surface area contributed by atoms with E-state index in [4.69, 9.17) is 5.73 Å². The molecule has 1 heterocycles. The van der Waals surface area contributed by atoms with E-state index in [0.717, 1.165) is 12.0 Å².